The lowest BCUT2D eigenvalue weighted by Crippen LogP contribution is -2.28. The summed E-state index contributed by atoms with van der Waals surface area (Å²) in [6, 6.07) is 1.94. The van der Waals surface area contributed by atoms with Gasteiger partial charge in [0, 0.05) is 31.4 Å². The van der Waals surface area contributed by atoms with Crippen LogP contribution in [0.1, 0.15) is 28.7 Å². The number of aromatic nitrogens is 5. The van der Waals surface area contributed by atoms with E-state index >= 15 is 0 Å². The van der Waals surface area contributed by atoms with Crippen molar-refractivity contribution >= 4 is 17.2 Å². The van der Waals surface area contributed by atoms with E-state index in [-0.39, 0.29) is 11.8 Å². The van der Waals surface area contributed by atoms with Crippen molar-refractivity contribution in [1.29, 1.82) is 0 Å². The van der Waals surface area contributed by atoms with Gasteiger partial charge in [0.25, 0.3) is 11.8 Å². The van der Waals surface area contributed by atoms with E-state index in [9.17, 15) is 4.79 Å². The van der Waals surface area contributed by atoms with Gasteiger partial charge in [0.1, 0.15) is 0 Å². The molecular formula is C14H14N6O2S. The molecule has 0 radical (unpaired) electrons. The molecule has 3 aromatic heterocycles. The zero-order valence-electron chi connectivity index (χ0n) is 12.4. The Morgan fingerprint density at radius 3 is 3.13 bits per heavy atom. The Labute approximate surface area is 135 Å². The number of hydrogen-bond donors (Lipinski definition) is 0. The number of carbonyl (C=O) groups is 1. The van der Waals surface area contributed by atoms with E-state index in [2.05, 4.69) is 20.5 Å². The predicted molar refractivity (Wildman–Crippen MR) is 81.9 cm³/mol. The third kappa shape index (κ3) is 2.63. The molecule has 0 saturated carbocycles. The minimum atomic E-state index is -0.109. The van der Waals surface area contributed by atoms with Crippen molar-refractivity contribution in [2.24, 2.45) is 7.05 Å². The molecule has 0 spiro atoms. The van der Waals surface area contributed by atoms with Gasteiger partial charge in [0.2, 0.25) is 0 Å². The van der Waals surface area contributed by atoms with Gasteiger partial charge in [-0.25, -0.2) is 0 Å². The Morgan fingerprint density at radius 1 is 1.48 bits per heavy atom. The highest BCUT2D eigenvalue weighted by Gasteiger charge is 2.32. The van der Waals surface area contributed by atoms with Crippen LogP contribution < -0.4 is 0 Å². The van der Waals surface area contributed by atoms with E-state index in [0.29, 0.717) is 30.5 Å². The maximum Gasteiger partial charge on any atom is 0.276 e. The van der Waals surface area contributed by atoms with Gasteiger partial charge in [-0.15, -0.1) is 5.10 Å². The van der Waals surface area contributed by atoms with Gasteiger partial charge in [-0.3, -0.25) is 9.48 Å². The number of amides is 1. The summed E-state index contributed by atoms with van der Waals surface area (Å²) < 4.78 is 6.84. The second-order valence-corrected chi connectivity index (χ2v) is 6.26. The highest BCUT2D eigenvalue weighted by molar-refractivity contribution is 7.08. The second kappa shape index (κ2) is 5.58. The Morgan fingerprint density at radius 2 is 2.39 bits per heavy atom. The molecule has 3 aromatic rings. The van der Waals surface area contributed by atoms with Gasteiger partial charge in [-0.1, -0.05) is 10.4 Å². The van der Waals surface area contributed by atoms with Crippen LogP contribution in [-0.4, -0.2) is 49.0 Å². The molecule has 0 aromatic carbocycles. The van der Waals surface area contributed by atoms with E-state index in [1.54, 1.807) is 29.5 Å². The lowest BCUT2D eigenvalue weighted by Gasteiger charge is -2.13. The summed E-state index contributed by atoms with van der Waals surface area (Å²) >= 11 is 1.58. The van der Waals surface area contributed by atoms with Gasteiger partial charge in [0.05, 0.1) is 11.8 Å². The van der Waals surface area contributed by atoms with Crippen molar-refractivity contribution in [2.45, 2.75) is 12.3 Å². The van der Waals surface area contributed by atoms with Crippen LogP contribution in [0.2, 0.25) is 0 Å². The minimum absolute atomic E-state index is 0.0896. The molecule has 23 heavy (non-hydrogen) atoms. The first-order chi connectivity index (χ1) is 11.2. The fourth-order valence-corrected chi connectivity index (χ4v) is 3.30. The van der Waals surface area contributed by atoms with Crippen LogP contribution in [0.3, 0.4) is 0 Å². The lowest BCUT2D eigenvalue weighted by atomic mass is 10.1. The summed E-state index contributed by atoms with van der Waals surface area (Å²) in [5, 5.41) is 15.7. The number of hydrogen-bond acceptors (Lipinski definition) is 7. The van der Waals surface area contributed by atoms with Crippen molar-refractivity contribution in [3.8, 4) is 11.5 Å². The van der Waals surface area contributed by atoms with Crippen LogP contribution in [0.15, 0.2) is 27.5 Å². The van der Waals surface area contributed by atoms with Crippen LogP contribution in [0.25, 0.3) is 11.5 Å². The molecule has 1 fully saturated rings. The second-order valence-electron chi connectivity index (χ2n) is 5.48. The maximum absolute atomic E-state index is 12.4. The standard InChI is InChI=1S/C14H14N6O2S/c1-19-7-11(16-18-19)14(21)20-4-2-9(6-20)12-15-13(22-17-12)10-3-5-23-8-10/h3,5,7-9H,2,4,6H2,1H3/t9-/m1/s1. The minimum Gasteiger partial charge on any atom is -0.336 e. The van der Waals surface area contributed by atoms with Gasteiger partial charge in [0.15, 0.2) is 11.5 Å². The van der Waals surface area contributed by atoms with E-state index in [0.717, 1.165) is 12.0 Å². The SMILES string of the molecule is Cn1cc(C(=O)N2CC[C@@H](c3noc(-c4ccsc4)n3)C2)nn1. The molecule has 1 aliphatic rings. The Kier molecular flexibility index (Phi) is 3.41. The smallest absolute Gasteiger partial charge is 0.276 e. The largest absolute Gasteiger partial charge is 0.336 e. The molecular weight excluding hydrogens is 316 g/mol. The quantitative estimate of drug-likeness (QED) is 0.724. The van der Waals surface area contributed by atoms with Crippen LogP contribution in [0.4, 0.5) is 0 Å². The van der Waals surface area contributed by atoms with Gasteiger partial charge in [-0.05, 0) is 17.9 Å². The average molecular weight is 330 g/mol. The first kappa shape index (κ1) is 14.1. The molecule has 8 nitrogen and oxygen atoms in total. The van der Waals surface area contributed by atoms with Crippen LogP contribution >= 0.6 is 11.3 Å². The summed E-state index contributed by atoms with van der Waals surface area (Å²) in [6.45, 7) is 1.22. The molecule has 1 atom stereocenters. The molecule has 0 unspecified atom stereocenters. The average Bonchev–Trinajstić information content (AvgIpc) is 3.30. The fourth-order valence-electron chi connectivity index (χ4n) is 2.67. The molecule has 4 rings (SSSR count). The van der Waals surface area contributed by atoms with Crippen LogP contribution in [0, 0.1) is 0 Å². The number of aryl methyl sites for hydroxylation is 1. The molecule has 4 heterocycles. The van der Waals surface area contributed by atoms with Gasteiger partial charge < -0.3 is 9.42 Å². The topological polar surface area (TPSA) is 89.9 Å². The van der Waals surface area contributed by atoms with E-state index in [1.807, 2.05) is 16.8 Å². The zero-order chi connectivity index (χ0) is 15.8. The highest BCUT2D eigenvalue weighted by atomic mass is 32.1. The van der Waals surface area contributed by atoms with Crippen molar-refractivity contribution < 1.29 is 9.32 Å². The van der Waals surface area contributed by atoms with Crippen LogP contribution in [0.5, 0.6) is 0 Å². The number of rotatable bonds is 3. The Bertz CT molecular complexity index is 824. The first-order valence-electron chi connectivity index (χ1n) is 7.22. The monoisotopic (exact) mass is 330 g/mol. The third-order valence-corrected chi connectivity index (χ3v) is 4.56. The molecule has 1 amide bonds. The molecule has 0 N–H and O–H groups in total. The van der Waals surface area contributed by atoms with Crippen molar-refractivity contribution in [1.82, 2.24) is 30.0 Å². The maximum atomic E-state index is 12.4. The summed E-state index contributed by atoms with van der Waals surface area (Å²) in [6.07, 6.45) is 2.44. The molecule has 9 heteroatoms. The first-order valence-corrected chi connectivity index (χ1v) is 8.17. The van der Waals surface area contributed by atoms with Gasteiger partial charge in [-0.2, -0.15) is 16.3 Å². The predicted octanol–water partition coefficient (Wildman–Crippen LogP) is 1.56. The summed E-state index contributed by atoms with van der Waals surface area (Å²) in [5.41, 5.74) is 1.29. The molecule has 0 aliphatic carbocycles. The highest BCUT2D eigenvalue weighted by Crippen LogP contribution is 2.28. The van der Waals surface area contributed by atoms with Crippen molar-refractivity contribution in [2.75, 3.05) is 13.1 Å². The molecule has 118 valence electrons. The Balaban J connectivity index is 1.47. The lowest BCUT2D eigenvalue weighted by molar-refractivity contribution is 0.0784. The molecule has 0 bridgehead atoms. The van der Waals surface area contributed by atoms with Crippen molar-refractivity contribution in [3.05, 3.63) is 34.5 Å². The van der Waals surface area contributed by atoms with Crippen molar-refractivity contribution in [3.63, 3.8) is 0 Å². The number of likely N-dealkylation sites (tertiary alicyclic amines) is 1. The summed E-state index contributed by atoms with van der Waals surface area (Å²) in [7, 11) is 1.74. The molecule has 1 saturated heterocycles. The van der Waals surface area contributed by atoms with E-state index in [1.165, 1.54) is 4.68 Å². The summed E-state index contributed by atoms with van der Waals surface area (Å²) in [5.74, 6) is 1.16. The zero-order valence-corrected chi connectivity index (χ0v) is 13.2. The number of thiophene rings is 1. The number of nitrogens with zero attached hydrogens (tertiary/aromatic N) is 6. The molecule has 1 aliphatic heterocycles. The van der Waals surface area contributed by atoms with E-state index in [4.69, 9.17) is 4.52 Å². The normalized spacial score (nSPS) is 17.8. The number of carbonyl (C=O) groups excluding carboxylic acids is 1. The van der Waals surface area contributed by atoms with Crippen LogP contribution in [-0.2, 0) is 7.05 Å². The fraction of sp³-hybridized carbons (Fsp3) is 0.357. The van der Waals surface area contributed by atoms with Gasteiger partial charge >= 0.3 is 0 Å². The summed E-state index contributed by atoms with van der Waals surface area (Å²) in [4.78, 5) is 18.6. The van der Waals surface area contributed by atoms with E-state index < -0.39 is 0 Å². The Hall–Kier alpha value is -2.55. The third-order valence-electron chi connectivity index (χ3n) is 3.87.